The maximum Gasteiger partial charge on any atom is 0.240 e. The smallest absolute Gasteiger partial charge is 0.240 e. The van der Waals surface area contributed by atoms with Crippen LogP contribution in [0.4, 0.5) is 5.69 Å². The second-order valence-corrected chi connectivity index (χ2v) is 8.42. The van der Waals surface area contributed by atoms with Gasteiger partial charge >= 0.3 is 0 Å². The predicted octanol–water partition coefficient (Wildman–Crippen LogP) is 3.82. The number of benzene rings is 3. The van der Waals surface area contributed by atoms with Gasteiger partial charge < -0.3 is 9.64 Å². The number of para-hydroxylation sites is 2. The van der Waals surface area contributed by atoms with E-state index in [1.54, 1.807) is 24.3 Å². The lowest BCUT2D eigenvalue weighted by Crippen LogP contribution is -2.34. The summed E-state index contributed by atoms with van der Waals surface area (Å²) in [6, 6.07) is 24.1. The zero-order chi connectivity index (χ0) is 19.4. The zero-order valence-electron chi connectivity index (χ0n) is 15.4. The van der Waals surface area contributed by atoms with Crippen molar-refractivity contribution < 1.29 is 13.2 Å². The third-order valence-corrected chi connectivity index (χ3v) is 6.25. The number of anilines is 1. The highest BCUT2D eigenvalue weighted by Gasteiger charge is 2.19. The van der Waals surface area contributed by atoms with E-state index in [9.17, 15) is 8.42 Å². The first-order chi connectivity index (χ1) is 13.6. The van der Waals surface area contributed by atoms with E-state index in [-0.39, 0.29) is 4.90 Å². The highest BCUT2D eigenvalue weighted by atomic mass is 32.2. The Hall–Kier alpha value is -2.83. The number of nitrogens with one attached hydrogen (secondary N) is 1. The van der Waals surface area contributed by atoms with Gasteiger partial charge in [-0.1, -0.05) is 36.4 Å². The number of ether oxygens (including phenoxy) is 1. The molecule has 1 aliphatic rings. The fourth-order valence-electron chi connectivity index (χ4n) is 3.35. The Labute approximate surface area is 165 Å². The van der Waals surface area contributed by atoms with Crippen molar-refractivity contribution in [2.75, 3.05) is 24.5 Å². The molecule has 0 saturated heterocycles. The van der Waals surface area contributed by atoms with Gasteiger partial charge in [-0.15, -0.1) is 0 Å². The summed E-state index contributed by atoms with van der Waals surface area (Å²) in [5.74, 6) is 1.31. The van der Waals surface area contributed by atoms with Gasteiger partial charge in [0.25, 0.3) is 0 Å². The molecule has 0 spiro atoms. The van der Waals surface area contributed by atoms with Gasteiger partial charge in [0.2, 0.25) is 10.0 Å². The number of hydrogen-bond acceptors (Lipinski definition) is 4. The molecule has 0 atom stereocenters. The Kier molecular flexibility index (Phi) is 5.32. The Balaban J connectivity index is 1.35. The van der Waals surface area contributed by atoms with Crippen molar-refractivity contribution in [2.24, 2.45) is 0 Å². The molecule has 1 aliphatic heterocycles. The fraction of sp³-hybridized carbons (Fsp3) is 0.182. The molecule has 0 unspecified atom stereocenters. The maximum absolute atomic E-state index is 12.6. The van der Waals surface area contributed by atoms with Crippen LogP contribution in [0.1, 0.15) is 5.56 Å². The molecule has 0 saturated carbocycles. The van der Waals surface area contributed by atoms with Gasteiger partial charge in [0.1, 0.15) is 11.5 Å². The topological polar surface area (TPSA) is 58.6 Å². The van der Waals surface area contributed by atoms with Crippen LogP contribution < -0.4 is 14.4 Å². The lowest BCUT2D eigenvalue weighted by Gasteiger charge is -2.19. The minimum atomic E-state index is -3.55. The lowest BCUT2D eigenvalue weighted by atomic mass is 10.2. The van der Waals surface area contributed by atoms with Crippen molar-refractivity contribution in [1.82, 2.24) is 4.72 Å². The normalized spacial score (nSPS) is 13.4. The zero-order valence-corrected chi connectivity index (χ0v) is 16.2. The summed E-state index contributed by atoms with van der Waals surface area (Å²) >= 11 is 0. The van der Waals surface area contributed by atoms with Crippen LogP contribution in [-0.2, 0) is 16.4 Å². The highest BCUT2D eigenvalue weighted by molar-refractivity contribution is 7.89. The Morgan fingerprint density at radius 1 is 0.857 bits per heavy atom. The molecule has 1 heterocycles. The number of nitrogens with zero attached hydrogens (tertiary/aromatic N) is 1. The van der Waals surface area contributed by atoms with E-state index in [4.69, 9.17) is 4.74 Å². The average Bonchev–Trinajstić information content (AvgIpc) is 3.12. The number of hydrogen-bond donors (Lipinski definition) is 1. The van der Waals surface area contributed by atoms with Gasteiger partial charge in [-0.3, -0.25) is 0 Å². The van der Waals surface area contributed by atoms with Crippen LogP contribution in [0.3, 0.4) is 0 Å². The third-order valence-electron chi connectivity index (χ3n) is 4.77. The van der Waals surface area contributed by atoms with Crippen LogP contribution in [-0.4, -0.2) is 28.1 Å². The van der Waals surface area contributed by atoms with Crippen molar-refractivity contribution in [1.29, 1.82) is 0 Å². The molecule has 0 aromatic heterocycles. The van der Waals surface area contributed by atoms with Gasteiger partial charge in [-0.25, -0.2) is 13.1 Å². The van der Waals surface area contributed by atoms with Crippen molar-refractivity contribution in [3.8, 4) is 11.5 Å². The fourth-order valence-corrected chi connectivity index (χ4v) is 4.37. The van der Waals surface area contributed by atoms with Crippen molar-refractivity contribution >= 4 is 15.7 Å². The Morgan fingerprint density at radius 3 is 2.32 bits per heavy atom. The Morgan fingerprint density at radius 2 is 1.54 bits per heavy atom. The van der Waals surface area contributed by atoms with Crippen molar-refractivity contribution in [2.45, 2.75) is 11.3 Å². The number of fused-ring (bicyclic) bond motifs is 1. The number of sulfonamides is 1. The minimum Gasteiger partial charge on any atom is -0.457 e. The number of rotatable bonds is 7. The van der Waals surface area contributed by atoms with Crippen LogP contribution in [0, 0.1) is 0 Å². The van der Waals surface area contributed by atoms with Gasteiger partial charge in [0.15, 0.2) is 0 Å². The summed E-state index contributed by atoms with van der Waals surface area (Å²) < 4.78 is 33.5. The van der Waals surface area contributed by atoms with E-state index in [1.807, 2.05) is 42.5 Å². The lowest BCUT2D eigenvalue weighted by molar-refractivity contribution is 0.482. The SMILES string of the molecule is O=S(=O)(NCCN1CCc2ccccc21)c1ccc(Oc2ccccc2)cc1. The summed E-state index contributed by atoms with van der Waals surface area (Å²) in [7, 11) is -3.55. The molecule has 3 aromatic rings. The largest absolute Gasteiger partial charge is 0.457 e. The van der Waals surface area contributed by atoms with Crippen LogP contribution in [0.2, 0.25) is 0 Å². The molecule has 0 aliphatic carbocycles. The minimum absolute atomic E-state index is 0.231. The first-order valence-electron chi connectivity index (χ1n) is 9.27. The molecule has 0 radical (unpaired) electrons. The highest BCUT2D eigenvalue weighted by Crippen LogP contribution is 2.27. The molecular formula is C22H22N2O3S. The van der Waals surface area contributed by atoms with E-state index in [0.717, 1.165) is 13.0 Å². The van der Waals surface area contributed by atoms with Gasteiger partial charge in [-0.2, -0.15) is 0 Å². The van der Waals surface area contributed by atoms with E-state index in [1.165, 1.54) is 11.3 Å². The summed E-state index contributed by atoms with van der Waals surface area (Å²) in [5, 5.41) is 0. The monoisotopic (exact) mass is 394 g/mol. The van der Waals surface area contributed by atoms with Gasteiger partial charge in [-0.05, 0) is 54.4 Å². The maximum atomic E-state index is 12.6. The summed E-state index contributed by atoms with van der Waals surface area (Å²) in [6.07, 6.45) is 1.01. The van der Waals surface area contributed by atoms with Crippen LogP contribution in [0.25, 0.3) is 0 Å². The molecule has 0 amide bonds. The summed E-state index contributed by atoms with van der Waals surface area (Å²) in [5.41, 5.74) is 2.52. The van der Waals surface area contributed by atoms with E-state index in [0.29, 0.717) is 24.6 Å². The van der Waals surface area contributed by atoms with Crippen LogP contribution in [0.5, 0.6) is 11.5 Å². The van der Waals surface area contributed by atoms with Gasteiger partial charge in [0.05, 0.1) is 4.90 Å². The van der Waals surface area contributed by atoms with E-state index in [2.05, 4.69) is 21.8 Å². The second kappa shape index (κ2) is 8.04. The molecule has 144 valence electrons. The van der Waals surface area contributed by atoms with E-state index >= 15 is 0 Å². The molecule has 1 N–H and O–H groups in total. The van der Waals surface area contributed by atoms with Crippen molar-refractivity contribution in [3.63, 3.8) is 0 Å². The first kappa shape index (κ1) is 18.5. The van der Waals surface area contributed by atoms with Gasteiger partial charge in [0, 0.05) is 25.3 Å². The molecule has 3 aromatic carbocycles. The third kappa shape index (κ3) is 4.18. The second-order valence-electron chi connectivity index (χ2n) is 6.65. The molecule has 4 rings (SSSR count). The summed E-state index contributed by atoms with van der Waals surface area (Å²) in [4.78, 5) is 2.45. The molecule has 28 heavy (non-hydrogen) atoms. The molecular weight excluding hydrogens is 372 g/mol. The molecule has 5 nitrogen and oxygen atoms in total. The molecule has 6 heteroatoms. The summed E-state index contributed by atoms with van der Waals surface area (Å²) in [6.45, 7) is 1.93. The molecule has 0 bridgehead atoms. The molecule has 0 fully saturated rings. The van der Waals surface area contributed by atoms with Crippen molar-refractivity contribution in [3.05, 3.63) is 84.4 Å². The van der Waals surface area contributed by atoms with Crippen LogP contribution in [0.15, 0.2) is 83.8 Å². The standard InChI is InChI=1S/C22H22N2O3S/c25-28(26,23-15-17-24-16-14-18-6-4-5-9-22(18)24)21-12-10-20(11-13-21)27-19-7-2-1-3-8-19/h1-13,23H,14-17H2. The predicted molar refractivity (Wildman–Crippen MR) is 111 cm³/mol. The van der Waals surface area contributed by atoms with Crippen LogP contribution >= 0.6 is 0 Å². The first-order valence-corrected chi connectivity index (χ1v) is 10.8. The average molecular weight is 394 g/mol. The quantitative estimate of drug-likeness (QED) is 0.662. The van der Waals surface area contributed by atoms with E-state index < -0.39 is 10.0 Å². The Bertz CT molecular complexity index is 1030.